The molecular weight excluding hydrogens is 421 g/mol. The largest absolute Gasteiger partial charge is 0.444 e. The Hall–Kier alpha value is -3.03. The topological polar surface area (TPSA) is 58.6 Å². The van der Waals surface area contributed by atoms with Crippen LogP contribution in [-0.4, -0.2) is 35.1 Å². The number of hydrogen-bond donors (Lipinski definition) is 1. The molecule has 2 rings (SSSR count). The first kappa shape index (κ1) is 25.2. The molecule has 0 aliphatic heterocycles. The van der Waals surface area contributed by atoms with E-state index >= 15 is 0 Å². The molecule has 0 aliphatic rings. The highest BCUT2D eigenvalue weighted by Crippen LogP contribution is 2.31. The third-order valence-electron chi connectivity index (χ3n) is 4.99. The maximum Gasteiger partial charge on any atom is 0.416 e. The summed E-state index contributed by atoms with van der Waals surface area (Å²) in [6.45, 7) is 8.66. The number of rotatable bonds is 5. The van der Waals surface area contributed by atoms with Gasteiger partial charge in [-0.15, -0.1) is 0 Å². The van der Waals surface area contributed by atoms with Crippen LogP contribution in [0.25, 0.3) is 11.1 Å². The molecule has 5 nitrogen and oxygen atoms in total. The Labute approximate surface area is 186 Å². The number of amides is 2. The predicted molar refractivity (Wildman–Crippen MR) is 117 cm³/mol. The average Bonchev–Trinajstić information content (AvgIpc) is 2.69. The molecule has 8 heteroatoms. The maximum absolute atomic E-state index is 12.8. The molecule has 0 spiro atoms. The van der Waals surface area contributed by atoms with Gasteiger partial charge in [0.15, 0.2) is 0 Å². The van der Waals surface area contributed by atoms with Gasteiger partial charge in [0.25, 0.3) is 0 Å². The van der Waals surface area contributed by atoms with E-state index in [0.717, 1.165) is 23.3 Å². The Morgan fingerprint density at radius 3 is 2.06 bits per heavy atom. The minimum atomic E-state index is -4.38. The zero-order valence-corrected chi connectivity index (χ0v) is 19.1. The third kappa shape index (κ3) is 6.48. The lowest BCUT2D eigenvalue weighted by Crippen LogP contribution is -2.56. The number of ether oxygens (including phenoxy) is 1. The number of likely N-dealkylation sites (N-methyl/N-ethyl adjacent to an activating group) is 1. The van der Waals surface area contributed by atoms with Crippen LogP contribution in [0.15, 0.2) is 48.5 Å². The minimum absolute atomic E-state index is 0.193. The fourth-order valence-corrected chi connectivity index (χ4v) is 2.82. The summed E-state index contributed by atoms with van der Waals surface area (Å²) in [6.07, 6.45) is -4.99. The molecule has 1 N–H and O–H groups in total. The quantitative estimate of drug-likeness (QED) is 0.642. The SMILES string of the molecule is CN(C(=O)OC(C)(C)C)C(C)(C)C(=O)NCc1cccc(-c2ccc(C(F)(F)F)cc2)c1. The van der Waals surface area contributed by atoms with Crippen LogP contribution in [0.1, 0.15) is 45.7 Å². The number of halogens is 3. The zero-order valence-electron chi connectivity index (χ0n) is 19.1. The Morgan fingerprint density at radius 1 is 0.938 bits per heavy atom. The number of nitrogens with zero attached hydrogens (tertiary/aromatic N) is 1. The van der Waals surface area contributed by atoms with Crippen molar-refractivity contribution >= 4 is 12.0 Å². The number of hydrogen-bond acceptors (Lipinski definition) is 3. The Balaban J connectivity index is 2.08. The van der Waals surface area contributed by atoms with Crippen LogP contribution < -0.4 is 5.32 Å². The van der Waals surface area contributed by atoms with Gasteiger partial charge in [0.2, 0.25) is 5.91 Å². The van der Waals surface area contributed by atoms with Crippen LogP contribution in [0.4, 0.5) is 18.0 Å². The van der Waals surface area contributed by atoms with Gasteiger partial charge in [-0.25, -0.2) is 4.79 Å². The van der Waals surface area contributed by atoms with Crippen molar-refractivity contribution < 1.29 is 27.5 Å². The number of nitrogens with one attached hydrogen (secondary N) is 1. The number of carbonyl (C=O) groups excluding carboxylic acids is 2. The van der Waals surface area contributed by atoms with Gasteiger partial charge >= 0.3 is 12.3 Å². The highest BCUT2D eigenvalue weighted by Gasteiger charge is 2.37. The first-order valence-electron chi connectivity index (χ1n) is 10.1. The smallest absolute Gasteiger partial charge is 0.416 e. The Morgan fingerprint density at radius 2 is 1.53 bits per heavy atom. The molecule has 2 aromatic rings. The van der Waals surface area contributed by atoms with Crippen molar-refractivity contribution in [1.29, 1.82) is 0 Å². The van der Waals surface area contributed by atoms with Gasteiger partial charge < -0.3 is 10.1 Å². The van der Waals surface area contributed by atoms with Gasteiger partial charge in [-0.1, -0.05) is 30.3 Å². The normalized spacial score (nSPS) is 12.3. The summed E-state index contributed by atoms with van der Waals surface area (Å²) in [5, 5.41) is 2.81. The molecule has 0 aromatic heterocycles. The molecule has 32 heavy (non-hydrogen) atoms. The lowest BCUT2D eigenvalue weighted by molar-refractivity contribution is -0.137. The molecule has 2 amide bonds. The van der Waals surface area contributed by atoms with E-state index in [9.17, 15) is 22.8 Å². The van der Waals surface area contributed by atoms with Crippen LogP contribution in [0.3, 0.4) is 0 Å². The lowest BCUT2D eigenvalue weighted by Gasteiger charge is -2.35. The summed E-state index contributed by atoms with van der Waals surface area (Å²) in [4.78, 5) is 26.3. The van der Waals surface area contributed by atoms with Crippen LogP contribution in [0, 0.1) is 0 Å². The molecule has 2 aromatic carbocycles. The van der Waals surface area contributed by atoms with Gasteiger partial charge in [-0.2, -0.15) is 13.2 Å². The van der Waals surface area contributed by atoms with Crippen molar-refractivity contribution in [3.8, 4) is 11.1 Å². The summed E-state index contributed by atoms with van der Waals surface area (Å²) < 4.78 is 43.6. The van der Waals surface area contributed by atoms with Crippen molar-refractivity contribution in [2.75, 3.05) is 7.05 Å². The third-order valence-corrected chi connectivity index (χ3v) is 4.99. The fourth-order valence-electron chi connectivity index (χ4n) is 2.82. The monoisotopic (exact) mass is 450 g/mol. The fraction of sp³-hybridized carbons (Fsp3) is 0.417. The Kier molecular flexibility index (Phi) is 7.27. The number of carbonyl (C=O) groups is 2. The van der Waals surface area contributed by atoms with E-state index in [1.165, 1.54) is 24.1 Å². The summed E-state index contributed by atoms with van der Waals surface area (Å²) in [7, 11) is 1.50. The molecule has 0 aliphatic carbocycles. The second-order valence-corrected chi connectivity index (χ2v) is 9.06. The number of alkyl halides is 3. The second kappa shape index (κ2) is 9.22. The highest BCUT2D eigenvalue weighted by molar-refractivity contribution is 5.89. The number of benzene rings is 2. The van der Waals surface area contributed by atoms with Crippen LogP contribution in [0.2, 0.25) is 0 Å². The van der Waals surface area contributed by atoms with Crippen molar-refractivity contribution in [3.63, 3.8) is 0 Å². The van der Waals surface area contributed by atoms with Crippen molar-refractivity contribution in [1.82, 2.24) is 10.2 Å². The molecule has 0 saturated carbocycles. The molecule has 0 radical (unpaired) electrons. The molecule has 174 valence electrons. The van der Waals surface area contributed by atoms with Gasteiger partial charge in [0.1, 0.15) is 11.1 Å². The van der Waals surface area contributed by atoms with Crippen LogP contribution in [-0.2, 0) is 22.3 Å². The Bertz CT molecular complexity index is 962. The summed E-state index contributed by atoms with van der Waals surface area (Å²) in [6, 6.07) is 12.1. The van der Waals surface area contributed by atoms with E-state index in [1.807, 2.05) is 0 Å². The van der Waals surface area contributed by atoms with E-state index in [-0.39, 0.29) is 12.5 Å². The molecule has 0 saturated heterocycles. The molecule has 0 heterocycles. The van der Waals surface area contributed by atoms with Gasteiger partial charge in [-0.3, -0.25) is 9.69 Å². The van der Waals surface area contributed by atoms with Crippen molar-refractivity contribution in [3.05, 3.63) is 59.7 Å². The molecule has 0 fully saturated rings. The molecule has 0 unspecified atom stereocenters. The molecule has 0 atom stereocenters. The van der Waals surface area contributed by atoms with Gasteiger partial charge in [0.05, 0.1) is 5.56 Å². The average molecular weight is 451 g/mol. The first-order chi connectivity index (χ1) is 14.6. The minimum Gasteiger partial charge on any atom is -0.444 e. The van der Waals surface area contributed by atoms with E-state index in [2.05, 4.69) is 5.32 Å². The van der Waals surface area contributed by atoms with Gasteiger partial charge in [0, 0.05) is 13.6 Å². The highest BCUT2D eigenvalue weighted by atomic mass is 19.4. The van der Waals surface area contributed by atoms with Crippen molar-refractivity contribution in [2.45, 2.75) is 58.5 Å². The lowest BCUT2D eigenvalue weighted by atomic mass is 10.0. The van der Waals surface area contributed by atoms with E-state index in [1.54, 1.807) is 58.9 Å². The van der Waals surface area contributed by atoms with Crippen LogP contribution in [0.5, 0.6) is 0 Å². The molecular formula is C24H29F3N2O3. The van der Waals surface area contributed by atoms with E-state index in [4.69, 9.17) is 4.74 Å². The zero-order chi connectivity index (χ0) is 24.3. The standard InChI is InChI=1S/C24H29F3N2O3/c1-22(2,3)32-21(31)29(6)23(4,5)20(30)28-15-16-8-7-9-18(14-16)17-10-12-19(13-11-17)24(25,26)27/h7-14H,15H2,1-6H3,(H,28,30). The second-order valence-electron chi connectivity index (χ2n) is 9.06. The van der Waals surface area contributed by atoms with Gasteiger partial charge in [-0.05, 0) is 69.5 Å². The summed E-state index contributed by atoms with van der Waals surface area (Å²) in [5.41, 5.74) is -0.413. The van der Waals surface area contributed by atoms with E-state index < -0.39 is 29.0 Å². The molecule has 0 bridgehead atoms. The van der Waals surface area contributed by atoms with Crippen molar-refractivity contribution in [2.24, 2.45) is 0 Å². The predicted octanol–water partition coefficient (Wildman–Crippen LogP) is 5.63. The maximum atomic E-state index is 12.8. The van der Waals surface area contributed by atoms with Crippen LogP contribution >= 0.6 is 0 Å². The first-order valence-corrected chi connectivity index (χ1v) is 10.1. The summed E-state index contributed by atoms with van der Waals surface area (Å²) >= 11 is 0. The van der Waals surface area contributed by atoms with E-state index in [0.29, 0.717) is 5.56 Å². The summed E-state index contributed by atoms with van der Waals surface area (Å²) in [5.74, 6) is -0.370.